The summed E-state index contributed by atoms with van der Waals surface area (Å²) >= 11 is 1.50. The van der Waals surface area contributed by atoms with Crippen molar-refractivity contribution in [2.24, 2.45) is 0 Å². The summed E-state index contributed by atoms with van der Waals surface area (Å²) < 4.78 is 30.7. The molecule has 1 fully saturated rings. The Morgan fingerprint density at radius 3 is 2.63 bits per heavy atom. The molecule has 3 aromatic rings. The van der Waals surface area contributed by atoms with Crippen LogP contribution in [-0.2, 0) is 21.3 Å². The third-order valence-corrected chi connectivity index (χ3v) is 7.59. The summed E-state index contributed by atoms with van der Waals surface area (Å²) in [5.41, 5.74) is 7.51. The summed E-state index contributed by atoms with van der Waals surface area (Å²) in [5.74, 6) is 1.85. The lowest BCUT2D eigenvalue weighted by atomic mass is 10.1. The second-order valence-corrected chi connectivity index (χ2v) is 10.5. The maximum absolute atomic E-state index is 11.9. The number of fused-ring (bicyclic) bond motifs is 1. The Morgan fingerprint density at radius 1 is 1.27 bits per heavy atom. The zero-order valence-corrected chi connectivity index (χ0v) is 18.8. The van der Waals surface area contributed by atoms with Gasteiger partial charge in [-0.3, -0.25) is 0 Å². The summed E-state index contributed by atoms with van der Waals surface area (Å²) in [6, 6.07) is 3.58. The third kappa shape index (κ3) is 4.10. The normalized spacial score (nSPS) is 15.3. The SMILES string of the molecule is Cc1c(CN(C)S(C)(=O)=O)sc2nc(-c3ccc(N)nc3)nc(N3CCOCC3)c12. The first-order chi connectivity index (χ1) is 14.2. The monoisotopic (exact) mass is 448 g/mol. The molecule has 2 N–H and O–H groups in total. The van der Waals surface area contributed by atoms with E-state index in [4.69, 9.17) is 20.4 Å². The zero-order chi connectivity index (χ0) is 21.5. The van der Waals surface area contributed by atoms with Crippen molar-refractivity contribution in [3.05, 3.63) is 28.8 Å². The van der Waals surface area contributed by atoms with Crippen molar-refractivity contribution in [1.82, 2.24) is 19.3 Å². The molecular formula is C19H24N6O3S2. The van der Waals surface area contributed by atoms with Gasteiger partial charge in [-0.25, -0.2) is 27.7 Å². The van der Waals surface area contributed by atoms with Gasteiger partial charge in [-0.1, -0.05) is 0 Å². The van der Waals surface area contributed by atoms with Crippen molar-refractivity contribution >= 4 is 43.2 Å². The lowest BCUT2D eigenvalue weighted by molar-refractivity contribution is 0.122. The van der Waals surface area contributed by atoms with Crippen LogP contribution < -0.4 is 10.6 Å². The van der Waals surface area contributed by atoms with Gasteiger partial charge in [-0.2, -0.15) is 0 Å². The van der Waals surface area contributed by atoms with Crippen LogP contribution in [0.4, 0.5) is 11.6 Å². The molecule has 4 rings (SSSR count). The highest BCUT2D eigenvalue weighted by molar-refractivity contribution is 7.88. The topological polar surface area (TPSA) is 115 Å². The van der Waals surface area contributed by atoms with Crippen LogP contribution in [0.3, 0.4) is 0 Å². The molecule has 1 aliphatic heterocycles. The Kier molecular flexibility index (Phi) is 5.62. The highest BCUT2D eigenvalue weighted by Crippen LogP contribution is 2.38. The van der Waals surface area contributed by atoms with E-state index in [1.54, 1.807) is 19.3 Å². The molecule has 0 aliphatic carbocycles. The number of hydrogen-bond donors (Lipinski definition) is 1. The molecule has 0 aromatic carbocycles. The van der Waals surface area contributed by atoms with Crippen LogP contribution in [0.5, 0.6) is 0 Å². The number of sulfonamides is 1. The molecule has 0 atom stereocenters. The van der Waals surface area contributed by atoms with Crippen molar-refractivity contribution in [3.8, 4) is 11.4 Å². The van der Waals surface area contributed by atoms with E-state index in [-0.39, 0.29) is 0 Å². The van der Waals surface area contributed by atoms with Crippen molar-refractivity contribution in [1.29, 1.82) is 0 Å². The molecular weight excluding hydrogens is 424 g/mol. The Hall–Kier alpha value is -2.34. The molecule has 0 saturated carbocycles. The van der Waals surface area contributed by atoms with Crippen molar-refractivity contribution < 1.29 is 13.2 Å². The standard InChI is InChI=1S/C19H24N6O3S2/c1-12-14(11-24(2)30(3,26)27)29-19-16(12)18(25-6-8-28-9-7-25)22-17(23-19)13-4-5-15(20)21-10-13/h4-5,10H,6-9,11H2,1-3H3,(H2,20,21). The average Bonchev–Trinajstić information content (AvgIpc) is 3.03. The molecule has 3 aromatic heterocycles. The highest BCUT2D eigenvalue weighted by Gasteiger charge is 2.24. The highest BCUT2D eigenvalue weighted by atomic mass is 32.2. The van der Waals surface area contributed by atoms with Crippen LogP contribution in [-0.4, -0.2) is 67.3 Å². The van der Waals surface area contributed by atoms with Crippen molar-refractivity contribution in [2.75, 3.05) is 50.2 Å². The molecule has 0 radical (unpaired) electrons. The number of morpholine rings is 1. The maximum Gasteiger partial charge on any atom is 0.211 e. The van der Waals surface area contributed by atoms with Gasteiger partial charge in [0, 0.05) is 43.3 Å². The van der Waals surface area contributed by atoms with E-state index >= 15 is 0 Å². The second kappa shape index (κ2) is 8.06. The fourth-order valence-corrected chi connectivity index (χ4v) is 4.98. The molecule has 0 bridgehead atoms. The first-order valence-corrected chi connectivity index (χ1v) is 12.2. The minimum atomic E-state index is -3.28. The number of thiophene rings is 1. The smallest absolute Gasteiger partial charge is 0.211 e. The molecule has 1 aliphatic rings. The summed E-state index contributed by atoms with van der Waals surface area (Å²) in [7, 11) is -1.70. The summed E-state index contributed by atoms with van der Waals surface area (Å²) in [4.78, 5) is 17.8. The van der Waals surface area contributed by atoms with Crippen LogP contribution in [0.15, 0.2) is 18.3 Å². The molecule has 0 unspecified atom stereocenters. The molecule has 0 spiro atoms. The lowest BCUT2D eigenvalue weighted by Crippen LogP contribution is -2.37. The quantitative estimate of drug-likeness (QED) is 0.629. The Balaban J connectivity index is 1.86. The number of nitrogen functional groups attached to an aromatic ring is 1. The third-order valence-electron chi connectivity index (χ3n) is 5.16. The van der Waals surface area contributed by atoms with Crippen molar-refractivity contribution in [2.45, 2.75) is 13.5 Å². The fraction of sp³-hybridized carbons (Fsp3) is 0.421. The van der Waals surface area contributed by atoms with Gasteiger partial charge in [0.25, 0.3) is 0 Å². The van der Waals surface area contributed by atoms with Gasteiger partial charge in [-0.05, 0) is 24.6 Å². The number of rotatable bonds is 5. The van der Waals surface area contributed by atoms with E-state index in [0.717, 1.165) is 45.1 Å². The van der Waals surface area contributed by atoms with E-state index in [2.05, 4.69) is 9.88 Å². The molecule has 0 amide bonds. The van der Waals surface area contributed by atoms with E-state index in [1.807, 2.05) is 13.0 Å². The number of hydrogen-bond acceptors (Lipinski definition) is 9. The van der Waals surface area contributed by atoms with Crippen LogP contribution in [0.1, 0.15) is 10.4 Å². The van der Waals surface area contributed by atoms with Gasteiger partial charge in [0.2, 0.25) is 10.0 Å². The minimum Gasteiger partial charge on any atom is -0.384 e. The van der Waals surface area contributed by atoms with Crippen LogP contribution in [0.2, 0.25) is 0 Å². The van der Waals surface area contributed by atoms with Gasteiger partial charge < -0.3 is 15.4 Å². The van der Waals surface area contributed by atoms with Crippen molar-refractivity contribution in [3.63, 3.8) is 0 Å². The van der Waals surface area contributed by atoms with E-state index in [9.17, 15) is 8.42 Å². The first-order valence-electron chi connectivity index (χ1n) is 9.50. The molecule has 160 valence electrons. The number of pyridine rings is 1. The summed E-state index contributed by atoms with van der Waals surface area (Å²) in [6.45, 7) is 5.04. The fourth-order valence-electron chi connectivity index (χ4n) is 3.30. The second-order valence-electron chi connectivity index (χ2n) is 7.29. The van der Waals surface area contributed by atoms with E-state index < -0.39 is 10.0 Å². The molecule has 4 heterocycles. The van der Waals surface area contributed by atoms with Gasteiger partial charge in [0.05, 0.1) is 24.9 Å². The average molecular weight is 449 g/mol. The Morgan fingerprint density at radius 2 is 2.00 bits per heavy atom. The van der Waals surface area contributed by atoms with Gasteiger partial charge in [0.15, 0.2) is 5.82 Å². The molecule has 9 nitrogen and oxygen atoms in total. The summed E-state index contributed by atoms with van der Waals surface area (Å²) in [6.07, 6.45) is 2.87. The van der Waals surface area contributed by atoms with Gasteiger partial charge in [0.1, 0.15) is 16.5 Å². The first kappa shape index (κ1) is 20.9. The number of nitrogens with two attached hydrogens (primary N) is 1. The predicted molar refractivity (Wildman–Crippen MR) is 119 cm³/mol. The number of nitrogens with zero attached hydrogens (tertiary/aromatic N) is 5. The van der Waals surface area contributed by atoms with Gasteiger partial charge >= 0.3 is 0 Å². The van der Waals surface area contributed by atoms with Gasteiger partial charge in [-0.15, -0.1) is 11.3 Å². The Labute approximate surface area is 179 Å². The largest absolute Gasteiger partial charge is 0.384 e. The number of ether oxygens (including phenoxy) is 1. The molecule has 1 saturated heterocycles. The predicted octanol–water partition coefficient (Wildman–Crippen LogP) is 1.87. The maximum atomic E-state index is 11.9. The van der Waals surface area contributed by atoms with Crippen LogP contribution >= 0.6 is 11.3 Å². The minimum absolute atomic E-state index is 0.299. The Bertz CT molecular complexity index is 1170. The number of anilines is 2. The number of aromatic nitrogens is 3. The summed E-state index contributed by atoms with van der Waals surface area (Å²) in [5, 5.41) is 0.964. The number of aryl methyl sites for hydroxylation is 1. The zero-order valence-electron chi connectivity index (χ0n) is 17.1. The van der Waals surface area contributed by atoms with Crippen LogP contribution in [0, 0.1) is 6.92 Å². The molecule has 11 heteroatoms. The molecule has 30 heavy (non-hydrogen) atoms. The van der Waals surface area contributed by atoms with E-state index in [0.29, 0.717) is 31.4 Å². The van der Waals surface area contributed by atoms with E-state index in [1.165, 1.54) is 21.9 Å². The van der Waals surface area contributed by atoms with Crippen LogP contribution in [0.25, 0.3) is 21.6 Å². The lowest BCUT2D eigenvalue weighted by Gasteiger charge is -2.28.